The standard InChI is InChI=1S/C19H16N2O4/c22-18-9-13(19(23)24)11-21(18)14-6-7-15-16(10-14)25-17(20-15)8-12-4-2-1-3-5-12/h1-7,10,13H,8-9,11H2,(H,23,24). The highest BCUT2D eigenvalue weighted by molar-refractivity contribution is 6.00. The molecule has 0 aliphatic carbocycles. The van der Waals surface area contributed by atoms with E-state index in [0.29, 0.717) is 23.6 Å². The Bertz CT molecular complexity index is 948. The summed E-state index contributed by atoms with van der Waals surface area (Å²) in [6.07, 6.45) is 0.623. The van der Waals surface area contributed by atoms with Crippen molar-refractivity contribution in [3.05, 3.63) is 60.0 Å². The lowest BCUT2D eigenvalue weighted by Crippen LogP contribution is -2.25. The highest BCUT2D eigenvalue weighted by atomic mass is 16.4. The van der Waals surface area contributed by atoms with Crippen LogP contribution in [0.2, 0.25) is 0 Å². The van der Waals surface area contributed by atoms with E-state index in [4.69, 9.17) is 9.52 Å². The molecule has 25 heavy (non-hydrogen) atoms. The Balaban J connectivity index is 1.60. The van der Waals surface area contributed by atoms with Crippen molar-refractivity contribution in [2.24, 2.45) is 5.92 Å². The molecule has 1 aromatic heterocycles. The molecule has 1 amide bonds. The predicted molar refractivity (Wildman–Crippen MR) is 91.4 cm³/mol. The fraction of sp³-hybridized carbons (Fsp3) is 0.211. The summed E-state index contributed by atoms with van der Waals surface area (Å²) < 4.78 is 5.82. The number of hydrogen-bond donors (Lipinski definition) is 1. The third-order valence-corrected chi connectivity index (χ3v) is 4.40. The van der Waals surface area contributed by atoms with Crippen molar-refractivity contribution in [1.29, 1.82) is 0 Å². The molecule has 1 aliphatic rings. The topological polar surface area (TPSA) is 83.6 Å². The molecular formula is C19H16N2O4. The molecule has 4 rings (SSSR count). The van der Waals surface area contributed by atoms with Crippen molar-refractivity contribution >= 4 is 28.7 Å². The minimum absolute atomic E-state index is 0.0308. The molecule has 0 radical (unpaired) electrons. The molecule has 6 heteroatoms. The van der Waals surface area contributed by atoms with Crippen molar-refractivity contribution in [2.75, 3.05) is 11.4 Å². The zero-order chi connectivity index (χ0) is 17.4. The van der Waals surface area contributed by atoms with Gasteiger partial charge in [-0.3, -0.25) is 9.59 Å². The van der Waals surface area contributed by atoms with Crippen LogP contribution in [0.15, 0.2) is 52.9 Å². The molecule has 3 aromatic rings. The first-order valence-corrected chi connectivity index (χ1v) is 8.07. The molecule has 0 bridgehead atoms. The van der Waals surface area contributed by atoms with Gasteiger partial charge in [0.15, 0.2) is 11.5 Å². The normalized spacial score (nSPS) is 17.4. The van der Waals surface area contributed by atoms with Gasteiger partial charge in [-0.2, -0.15) is 0 Å². The van der Waals surface area contributed by atoms with E-state index in [9.17, 15) is 9.59 Å². The van der Waals surface area contributed by atoms with E-state index < -0.39 is 11.9 Å². The minimum atomic E-state index is -0.943. The van der Waals surface area contributed by atoms with E-state index in [2.05, 4.69) is 4.98 Å². The Morgan fingerprint density at radius 1 is 1.24 bits per heavy atom. The van der Waals surface area contributed by atoms with Crippen LogP contribution >= 0.6 is 0 Å². The number of carbonyl (C=O) groups excluding carboxylic acids is 1. The summed E-state index contributed by atoms with van der Waals surface area (Å²) in [5.41, 5.74) is 3.06. The molecule has 1 atom stereocenters. The fourth-order valence-electron chi connectivity index (χ4n) is 3.10. The number of hydrogen-bond acceptors (Lipinski definition) is 4. The van der Waals surface area contributed by atoms with Gasteiger partial charge in [-0.05, 0) is 17.7 Å². The van der Waals surface area contributed by atoms with Crippen molar-refractivity contribution in [1.82, 2.24) is 4.98 Å². The molecular weight excluding hydrogens is 320 g/mol. The molecule has 126 valence electrons. The Labute approximate surface area is 143 Å². The number of anilines is 1. The van der Waals surface area contributed by atoms with E-state index >= 15 is 0 Å². The van der Waals surface area contributed by atoms with E-state index in [1.54, 1.807) is 18.2 Å². The van der Waals surface area contributed by atoms with Crippen molar-refractivity contribution in [3.8, 4) is 0 Å². The Morgan fingerprint density at radius 3 is 2.76 bits per heavy atom. The van der Waals surface area contributed by atoms with Gasteiger partial charge < -0.3 is 14.4 Å². The number of amides is 1. The van der Waals surface area contributed by atoms with Crippen LogP contribution in [0.5, 0.6) is 0 Å². The number of oxazole rings is 1. The summed E-state index contributed by atoms with van der Waals surface area (Å²) in [6.45, 7) is 0.185. The number of carboxylic acid groups (broad SMARTS) is 1. The first kappa shape index (κ1) is 15.4. The van der Waals surface area contributed by atoms with Gasteiger partial charge in [-0.15, -0.1) is 0 Å². The van der Waals surface area contributed by atoms with Gasteiger partial charge in [-0.1, -0.05) is 30.3 Å². The summed E-state index contributed by atoms with van der Waals surface area (Å²) in [4.78, 5) is 29.2. The zero-order valence-corrected chi connectivity index (χ0v) is 13.4. The Kier molecular flexibility index (Phi) is 3.72. The van der Waals surface area contributed by atoms with Gasteiger partial charge in [-0.25, -0.2) is 4.98 Å². The van der Waals surface area contributed by atoms with Crippen molar-refractivity contribution < 1.29 is 19.1 Å². The average molecular weight is 336 g/mol. The summed E-state index contributed by atoms with van der Waals surface area (Å²) in [7, 11) is 0. The number of aromatic nitrogens is 1. The van der Waals surface area contributed by atoms with Crippen molar-refractivity contribution in [3.63, 3.8) is 0 Å². The Morgan fingerprint density at radius 2 is 2.04 bits per heavy atom. The summed E-state index contributed by atoms with van der Waals surface area (Å²) >= 11 is 0. The molecule has 6 nitrogen and oxygen atoms in total. The second kappa shape index (κ2) is 6.05. The number of rotatable bonds is 4. The number of benzene rings is 2. The predicted octanol–water partition coefficient (Wildman–Crippen LogP) is 2.86. The maximum Gasteiger partial charge on any atom is 0.308 e. The van der Waals surface area contributed by atoms with Crippen molar-refractivity contribution in [2.45, 2.75) is 12.8 Å². The molecule has 2 heterocycles. The number of aliphatic carboxylic acids is 1. The summed E-state index contributed by atoms with van der Waals surface area (Å²) in [5, 5.41) is 9.10. The number of nitrogens with zero attached hydrogens (tertiary/aromatic N) is 2. The van der Waals surface area contributed by atoms with Gasteiger partial charge in [0, 0.05) is 31.1 Å². The third-order valence-electron chi connectivity index (χ3n) is 4.40. The van der Waals surface area contributed by atoms with Gasteiger partial charge in [0.25, 0.3) is 0 Å². The lowest BCUT2D eigenvalue weighted by molar-refractivity contribution is -0.141. The van der Waals surface area contributed by atoms with Crippen LogP contribution < -0.4 is 4.90 Å². The lowest BCUT2D eigenvalue weighted by atomic mass is 10.1. The summed E-state index contributed by atoms with van der Waals surface area (Å²) in [5.74, 6) is -1.18. The van der Waals surface area contributed by atoms with Crippen LogP contribution in [0.3, 0.4) is 0 Å². The molecule has 1 N–H and O–H groups in total. The molecule has 1 fully saturated rings. The van der Waals surface area contributed by atoms with Gasteiger partial charge >= 0.3 is 5.97 Å². The first-order chi connectivity index (χ1) is 12.1. The molecule has 1 unspecified atom stereocenters. The van der Waals surface area contributed by atoms with Crippen LogP contribution in [0.25, 0.3) is 11.1 Å². The van der Waals surface area contributed by atoms with Crippen LogP contribution in [-0.2, 0) is 16.0 Å². The Hall–Kier alpha value is -3.15. The molecule has 0 saturated carbocycles. The highest BCUT2D eigenvalue weighted by Gasteiger charge is 2.35. The van der Waals surface area contributed by atoms with E-state index in [1.807, 2.05) is 30.3 Å². The number of carbonyl (C=O) groups is 2. The van der Waals surface area contributed by atoms with E-state index in [-0.39, 0.29) is 18.9 Å². The SMILES string of the molecule is O=C(O)C1CC(=O)N(c2ccc3nc(Cc4ccccc4)oc3c2)C1. The molecule has 1 aliphatic heterocycles. The fourth-order valence-corrected chi connectivity index (χ4v) is 3.10. The zero-order valence-electron chi connectivity index (χ0n) is 13.4. The van der Waals surface area contributed by atoms with Crippen LogP contribution in [0.1, 0.15) is 17.9 Å². The monoisotopic (exact) mass is 336 g/mol. The third kappa shape index (κ3) is 2.98. The quantitative estimate of drug-likeness (QED) is 0.792. The molecule has 0 spiro atoms. The second-order valence-corrected chi connectivity index (χ2v) is 6.17. The van der Waals surface area contributed by atoms with Gasteiger partial charge in [0.2, 0.25) is 5.91 Å². The van der Waals surface area contributed by atoms with Crippen LogP contribution in [0, 0.1) is 5.92 Å². The lowest BCUT2D eigenvalue weighted by Gasteiger charge is -2.15. The smallest absolute Gasteiger partial charge is 0.308 e. The van der Waals surface area contributed by atoms with E-state index in [1.165, 1.54) is 4.90 Å². The number of carboxylic acids is 1. The van der Waals surface area contributed by atoms with Crippen LogP contribution in [0.4, 0.5) is 5.69 Å². The van der Waals surface area contributed by atoms with Gasteiger partial charge in [0.05, 0.1) is 5.92 Å². The maximum atomic E-state index is 12.1. The maximum absolute atomic E-state index is 12.1. The largest absolute Gasteiger partial charge is 0.481 e. The molecule has 1 saturated heterocycles. The van der Waals surface area contributed by atoms with Crippen LogP contribution in [-0.4, -0.2) is 28.5 Å². The molecule has 2 aromatic carbocycles. The number of fused-ring (bicyclic) bond motifs is 1. The van der Waals surface area contributed by atoms with Gasteiger partial charge in [0.1, 0.15) is 5.52 Å². The summed E-state index contributed by atoms with van der Waals surface area (Å²) in [6, 6.07) is 15.2. The van der Waals surface area contributed by atoms with E-state index in [0.717, 1.165) is 11.1 Å². The highest BCUT2D eigenvalue weighted by Crippen LogP contribution is 2.29. The average Bonchev–Trinajstić information content (AvgIpc) is 3.18. The first-order valence-electron chi connectivity index (χ1n) is 8.07. The minimum Gasteiger partial charge on any atom is -0.481 e. The second-order valence-electron chi connectivity index (χ2n) is 6.17.